The fourth-order valence-electron chi connectivity index (χ4n) is 3.65. The van der Waals surface area contributed by atoms with Crippen LogP contribution in [0, 0.1) is 0 Å². The molecule has 1 N–H and O–H groups in total. The molecule has 0 saturated heterocycles. The average molecular weight is 479 g/mol. The zero-order valence-electron chi connectivity index (χ0n) is 17.2. The molecule has 0 spiro atoms. The van der Waals surface area contributed by atoms with Crippen LogP contribution in [0.4, 0.5) is 5.69 Å². The molecule has 3 rings (SSSR count). The van der Waals surface area contributed by atoms with Gasteiger partial charge in [0.25, 0.3) is 0 Å². The normalized spacial score (nSPS) is 16.7. The van der Waals surface area contributed by atoms with Crippen molar-refractivity contribution in [3.8, 4) is 0 Å². The van der Waals surface area contributed by atoms with Crippen LogP contribution < -0.4 is 9.62 Å². The fourth-order valence-corrected chi connectivity index (χ4v) is 5.48. The lowest BCUT2D eigenvalue weighted by atomic mass is 10.1. The Morgan fingerprint density at radius 3 is 2.45 bits per heavy atom. The number of carbonyl (C=O) groups excluding carboxylic acids is 1. The van der Waals surface area contributed by atoms with Gasteiger partial charge in [-0.05, 0) is 82.0 Å². The quantitative estimate of drug-likeness (QED) is 0.690. The lowest BCUT2D eigenvalue weighted by Gasteiger charge is -2.23. The third-order valence-electron chi connectivity index (χ3n) is 4.83. The van der Waals surface area contributed by atoms with E-state index in [9.17, 15) is 13.2 Å². The Bertz CT molecular complexity index is 1010. The van der Waals surface area contributed by atoms with Crippen LogP contribution in [0.2, 0.25) is 0 Å². The van der Waals surface area contributed by atoms with Crippen molar-refractivity contribution < 1.29 is 13.2 Å². The van der Waals surface area contributed by atoms with Gasteiger partial charge in [-0.3, -0.25) is 4.79 Å². The highest BCUT2D eigenvalue weighted by Crippen LogP contribution is 2.34. The minimum absolute atomic E-state index is 0.0877. The summed E-state index contributed by atoms with van der Waals surface area (Å²) in [6.07, 6.45) is 1.81. The molecule has 0 bridgehead atoms. The van der Waals surface area contributed by atoms with Gasteiger partial charge in [0.1, 0.15) is 0 Å². The van der Waals surface area contributed by atoms with E-state index in [4.69, 9.17) is 0 Å². The third kappa shape index (κ3) is 5.27. The molecular formula is C22H27BrN2O3S. The Morgan fingerprint density at radius 1 is 1.17 bits per heavy atom. The van der Waals surface area contributed by atoms with E-state index < -0.39 is 15.6 Å². The van der Waals surface area contributed by atoms with Crippen LogP contribution in [-0.2, 0) is 27.7 Å². The molecule has 1 aliphatic rings. The first-order valence-electron chi connectivity index (χ1n) is 9.70. The van der Waals surface area contributed by atoms with E-state index in [2.05, 4.69) is 33.6 Å². The first-order valence-corrected chi connectivity index (χ1v) is 12.0. The van der Waals surface area contributed by atoms with Crippen molar-refractivity contribution in [3.63, 3.8) is 0 Å². The number of sulfonamides is 1. The first kappa shape index (κ1) is 22.0. The molecule has 29 heavy (non-hydrogen) atoms. The minimum Gasteiger partial charge on any atom is -0.309 e. The van der Waals surface area contributed by atoms with Crippen molar-refractivity contribution in [2.45, 2.75) is 63.4 Å². The maximum absolute atomic E-state index is 12.9. The van der Waals surface area contributed by atoms with E-state index in [1.807, 2.05) is 17.0 Å². The number of halogens is 1. The fraction of sp³-hybridized carbons (Fsp3) is 0.409. The van der Waals surface area contributed by atoms with Crippen LogP contribution in [0.25, 0.3) is 0 Å². The molecule has 0 saturated carbocycles. The number of benzene rings is 2. The van der Waals surface area contributed by atoms with Crippen LogP contribution in [-0.4, -0.2) is 25.9 Å². The van der Waals surface area contributed by atoms with Gasteiger partial charge in [0.05, 0.1) is 4.90 Å². The Labute approximate surface area is 181 Å². The zero-order valence-corrected chi connectivity index (χ0v) is 19.6. The first-order chi connectivity index (χ1) is 13.5. The monoisotopic (exact) mass is 478 g/mol. The van der Waals surface area contributed by atoms with Crippen molar-refractivity contribution >= 4 is 37.5 Å². The number of nitrogens with one attached hydrogen (secondary N) is 1. The molecule has 1 unspecified atom stereocenters. The van der Waals surface area contributed by atoms with Gasteiger partial charge in [0, 0.05) is 28.2 Å². The summed E-state index contributed by atoms with van der Waals surface area (Å²) < 4.78 is 28.5. The predicted octanol–water partition coefficient (Wildman–Crippen LogP) is 4.44. The molecule has 1 heterocycles. The van der Waals surface area contributed by atoms with Gasteiger partial charge < -0.3 is 4.90 Å². The molecule has 0 radical (unpaired) electrons. The van der Waals surface area contributed by atoms with E-state index in [-0.39, 0.29) is 16.8 Å². The molecule has 5 nitrogen and oxygen atoms in total. The van der Waals surface area contributed by atoms with Gasteiger partial charge >= 0.3 is 0 Å². The number of anilines is 1. The zero-order chi connectivity index (χ0) is 21.4. The lowest BCUT2D eigenvalue weighted by Crippen LogP contribution is -2.40. The average Bonchev–Trinajstić information content (AvgIpc) is 2.93. The van der Waals surface area contributed by atoms with Gasteiger partial charge in [0.15, 0.2) is 0 Å². The summed E-state index contributed by atoms with van der Waals surface area (Å²) in [4.78, 5) is 15.0. The Morgan fingerprint density at radius 2 is 1.83 bits per heavy atom. The molecule has 7 heteroatoms. The third-order valence-corrected chi connectivity index (χ3v) is 7.09. The van der Waals surface area contributed by atoms with Gasteiger partial charge in [-0.15, -0.1) is 0 Å². The topological polar surface area (TPSA) is 66.5 Å². The van der Waals surface area contributed by atoms with Crippen LogP contribution >= 0.6 is 15.9 Å². The summed E-state index contributed by atoms with van der Waals surface area (Å²) >= 11 is 3.49. The molecule has 0 aliphatic carbocycles. The summed E-state index contributed by atoms with van der Waals surface area (Å²) in [5.41, 5.74) is 2.57. The largest absolute Gasteiger partial charge is 0.309 e. The van der Waals surface area contributed by atoms with Gasteiger partial charge in [-0.25, -0.2) is 13.1 Å². The second kappa shape index (κ2) is 8.20. The van der Waals surface area contributed by atoms with E-state index >= 15 is 0 Å². The number of amides is 1. The van der Waals surface area contributed by atoms with Gasteiger partial charge in [-0.1, -0.05) is 28.1 Å². The molecule has 0 fully saturated rings. The van der Waals surface area contributed by atoms with Crippen molar-refractivity contribution in [3.05, 3.63) is 58.1 Å². The summed E-state index contributed by atoms with van der Waals surface area (Å²) in [5.74, 6) is 0.0877. The summed E-state index contributed by atoms with van der Waals surface area (Å²) in [7, 11) is -3.55. The summed E-state index contributed by atoms with van der Waals surface area (Å²) in [6.45, 7) is 7.48. The van der Waals surface area contributed by atoms with Crippen LogP contribution in [0.5, 0.6) is 0 Å². The molecule has 1 atom stereocenters. The van der Waals surface area contributed by atoms with E-state index in [0.717, 1.165) is 22.1 Å². The van der Waals surface area contributed by atoms with Crippen molar-refractivity contribution in [2.75, 3.05) is 4.90 Å². The van der Waals surface area contributed by atoms with E-state index in [1.165, 1.54) is 5.56 Å². The maximum Gasteiger partial charge on any atom is 0.241 e. The second-order valence-corrected chi connectivity index (χ2v) is 11.2. The molecule has 156 valence electrons. The SMILES string of the molecule is CC1Cc2cc(Br)ccc2N1C(=O)CCc1ccc(S(=O)(=O)NC(C)(C)C)cc1. The smallest absolute Gasteiger partial charge is 0.241 e. The number of rotatable bonds is 5. The van der Waals surface area contributed by atoms with Crippen LogP contribution in [0.15, 0.2) is 51.8 Å². The predicted molar refractivity (Wildman–Crippen MR) is 120 cm³/mol. The Kier molecular flexibility index (Phi) is 6.22. The van der Waals surface area contributed by atoms with Gasteiger partial charge in [0.2, 0.25) is 15.9 Å². The highest BCUT2D eigenvalue weighted by atomic mass is 79.9. The minimum atomic E-state index is -3.55. The van der Waals surface area contributed by atoms with Crippen molar-refractivity contribution in [1.82, 2.24) is 4.72 Å². The molecular weight excluding hydrogens is 452 g/mol. The summed E-state index contributed by atoms with van der Waals surface area (Å²) in [6, 6.07) is 12.9. The number of hydrogen-bond donors (Lipinski definition) is 1. The number of carbonyl (C=O) groups is 1. The standard InChI is InChI=1S/C22H27BrN2O3S/c1-15-13-17-14-18(23)8-11-20(17)25(15)21(26)12-7-16-5-9-19(10-6-16)29(27,28)24-22(2,3)4/h5-6,8-11,14-15,24H,7,12-13H2,1-4H3. The van der Waals surface area contributed by atoms with E-state index in [0.29, 0.717) is 12.8 Å². The molecule has 0 aromatic heterocycles. The van der Waals surface area contributed by atoms with Crippen molar-refractivity contribution in [2.24, 2.45) is 0 Å². The number of fused-ring (bicyclic) bond motifs is 1. The molecule has 1 amide bonds. The molecule has 2 aromatic carbocycles. The highest BCUT2D eigenvalue weighted by molar-refractivity contribution is 9.10. The Balaban J connectivity index is 1.66. The lowest BCUT2D eigenvalue weighted by molar-refractivity contribution is -0.118. The van der Waals surface area contributed by atoms with Crippen molar-refractivity contribution in [1.29, 1.82) is 0 Å². The van der Waals surface area contributed by atoms with E-state index in [1.54, 1.807) is 45.0 Å². The molecule has 2 aromatic rings. The Hall–Kier alpha value is -1.70. The second-order valence-electron chi connectivity index (χ2n) is 8.59. The molecule has 1 aliphatic heterocycles. The van der Waals surface area contributed by atoms with Crippen LogP contribution in [0.3, 0.4) is 0 Å². The number of aryl methyl sites for hydroxylation is 1. The van der Waals surface area contributed by atoms with Gasteiger partial charge in [-0.2, -0.15) is 0 Å². The van der Waals surface area contributed by atoms with Crippen LogP contribution in [0.1, 0.15) is 45.2 Å². The summed E-state index contributed by atoms with van der Waals surface area (Å²) in [5, 5.41) is 0. The highest BCUT2D eigenvalue weighted by Gasteiger charge is 2.30. The maximum atomic E-state index is 12.9. The number of nitrogens with zero attached hydrogens (tertiary/aromatic N) is 1. The number of hydrogen-bond acceptors (Lipinski definition) is 3.